The topological polar surface area (TPSA) is 55.3 Å². The van der Waals surface area contributed by atoms with Crippen molar-refractivity contribution >= 4 is 34.7 Å². The van der Waals surface area contributed by atoms with Gasteiger partial charge in [-0.1, -0.05) is 0 Å². The molecule has 0 saturated carbocycles. The molecule has 0 unspecified atom stereocenters. The van der Waals surface area contributed by atoms with E-state index in [1.54, 1.807) is 0 Å². The Morgan fingerprint density at radius 1 is 1.33 bits per heavy atom. The van der Waals surface area contributed by atoms with E-state index in [0.717, 1.165) is 0 Å². The van der Waals surface area contributed by atoms with Crippen LogP contribution in [0.25, 0.3) is 0 Å². The lowest BCUT2D eigenvalue weighted by Gasteiger charge is -2.17. The molecule has 0 aromatic carbocycles. The fourth-order valence-electron chi connectivity index (χ4n) is 0.420. The van der Waals surface area contributed by atoms with E-state index in [2.05, 4.69) is 24.4 Å². The van der Waals surface area contributed by atoms with Crippen LogP contribution in [0, 0.1) is 0 Å². The van der Waals surface area contributed by atoms with E-state index >= 15 is 0 Å². The number of hydrogen-bond acceptors (Lipinski definition) is 2. The first kappa shape index (κ1) is 8.58. The zero-order chi connectivity index (χ0) is 7.44. The summed E-state index contributed by atoms with van der Waals surface area (Å²) in [4.78, 5) is 1.48. The van der Waals surface area contributed by atoms with Crippen molar-refractivity contribution in [1.82, 2.24) is 4.90 Å². The third-order valence-corrected chi connectivity index (χ3v) is 1.29. The van der Waals surface area contributed by atoms with E-state index in [-0.39, 0.29) is 10.2 Å². The van der Waals surface area contributed by atoms with Gasteiger partial charge in [0.15, 0.2) is 10.2 Å². The monoisotopic (exact) mass is 163 g/mol. The Kier molecular flexibility index (Phi) is 3.41. The first-order valence-electron chi connectivity index (χ1n) is 2.46. The van der Waals surface area contributed by atoms with Crippen LogP contribution in [-0.2, 0) is 0 Å². The lowest BCUT2D eigenvalue weighted by molar-refractivity contribution is 0.653. The van der Waals surface area contributed by atoms with Gasteiger partial charge < -0.3 is 11.5 Å². The zero-order valence-corrected chi connectivity index (χ0v) is 6.76. The van der Waals surface area contributed by atoms with Crippen molar-refractivity contribution in [2.24, 2.45) is 11.5 Å². The molecule has 0 rings (SSSR count). The lowest BCUT2D eigenvalue weighted by Crippen LogP contribution is -2.43. The second-order valence-corrected chi connectivity index (χ2v) is 2.26. The molecule has 0 bridgehead atoms. The molecule has 0 fully saturated rings. The summed E-state index contributed by atoms with van der Waals surface area (Å²) in [6, 6.07) is 0. The second-order valence-electron chi connectivity index (χ2n) is 1.42. The summed E-state index contributed by atoms with van der Waals surface area (Å²) in [5.74, 6) is 0. The van der Waals surface area contributed by atoms with E-state index in [1.807, 2.05) is 6.92 Å². The fraction of sp³-hybridized carbons (Fsp3) is 0.500. The third-order valence-electron chi connectivity index (χ3n) is 0.848. The molecule has 4 N–H and O–H groups in total. The molecule has 0 aromatic heterocycles. The largest absolute Gasteiger partial charge is 0.376 e. The molecule has 0 amide bonds. The maximum atomic E-state index is 5.24. The van der Waals surface area contributed by atoms with Crippen molar-refractivity contribution < 1.29 is 0 Å². The average Bonchev–Trinajstić information content (AvgIpc) is 1.64. The first-order chi connectivity index (χ1) is 4.09. The first-order valence-corrected chi connectivity index (χ1v) is 3.27. The molecule has 0 heterocycles. The predicted molar refractivity (Wildman–Crippen MR) is 46.0 cm³/mol. The Balaban J connectivity index is 3.99. The van der Waals surface area contributed by atoms with Crippen molar-refractivity contribution in [3.05, 3.63) is 0 Å². The van der Waals surface area contributed by atoms with Crippen molar-refractivity contribution in [3.8, 4) is 0 Å². The Morgan fingerprint density at radius 2 is 1.67 bits per heavy atom. The van der Waals surface area contributed by atoms with Crippen LogP contribution in [0.3, 0.4) is 0 Å². The fourth-order valence-corrected chi connectivity index (χ4v) is 0.933. The Labute approximate surface area is 65.0 Å². The van der Waals surface area contributed by atoms with Gasteiger partial charge in [-0.15, -0.1) is 0 Å². The normalized spacial score (nSPS) is 8.56. The molecule has 52 valence electrons. The number of nitrogens with two attached hydrogens (primary N) is 2. The van der Waals surface area contributed by atoms with Gasteiger partial charge in [-0.05, 0) is 31.4 Å². The molecule has 0 atom stereocenters. The molecule has 0 saturated heterocycles. The van der Waals surface area contributed by atoms with Gasteiger partial charge in [0.05, 0.1) is 0 Å². The van der Waals surface area contributed by atoms with Gasteiger partial charge in [0, 0.05) is 6.54 Å². The summed E-state index contributed by atoms with van der Waals surface area (Å²) in [7, 11) is 0. The number of nitrogens with zero attached hydrogens (tertiary/aromatic N) is 1. The highest BCUT2D eigenvalue weighted by atomic mass is 32.1. The molecule has 3 nitrogen and oxygen atoms in total. The zero-order valence-electron chi connectivity index (χ0n) is 5.13. The highest BCUT2D eigenvalue weighted by Crippen LogP contribution is 1.85. The van der Waals surface area contributed by atoms with Crippen LogP contribution in [-0.4, -0.2) is 21.7 Å². The number of rotatable bonds is 1. The standard InChI is InChI=1S/C4H9N3S2/c1-2-7(3(5)8)4(6)9/h2H2,1H3,(H2,5,8)(H2,6,9). The average molecular weight is 163 g/mol. The van der Waals surface area contributed by atoms with Gasteiger partial charge in [0.25, 0.3) is 0 Å². The molecule has 0 radical (unpaired) electrons. The summed E-state index contributed by atoms with van der Waals surface area (Å²) >= 11 is 9.26. The predicted octanol–water partition coefficient (Wildman–Crippen LogP) is -0.204. The van der Waals surface area contributed by atoms with E-state index < -0.39 is 0 Å². The van der Waals surface area contributed by atoms with Gasteiger partial charge in [-0.3, -0.25) is 4.90 Å². The molecular weight excluding hydrogens is 154 g/mol. The van der Waals surface area contributed by atoms with Crippen molar-refractivity contribution in [2.75, 3.05) is 6.54 Å². The minimum Gasteiger partial charge on any atom is -0.376 e. The quantitative estimate of drug-likeness (QED) is 0.524. The Bertz CT molecular complexity index is 120. The van der Waals surface area contributed by atoms with Gasteiger partial charge >= 0.3 is 0 Å². The van der Waals surface area contributed by atoms with Crippen LogP contribution in [0.5, 0.6) is 0 Å². The number of thiocarbonyl (C=S) groups is 2. The van der Waals surface area contributed by atoms with Crippen LogP contribution in [0.4, 0.5) is 0 Å². The highest BCUT2D eigenvalue weighted by Gasteiger charge is 2.03. The van der Waals surface area contributed by atoms with E-state index in [4.69, 9.17) is 11.5 Å². The van der Waals surface area contributed by atoms with Crippen LogP contribution in [0.1, 0.15) is 6.92 Å². The maximum Gasteiger partial charge on any atom is 0.172 e. The highest BCUT2D eigenvalue weighted by molar-refractivity contribution is 7.81. The second kappa shape index (κ2) is 3.58. The van der Waals surface area contributed by atoms with Crippen molar-refractivity contribution in [2.45, 2.75) is 6.92 Å². The van der Waals surface area contributed by atoms with Gasteiger partial charge in [-0.2, -0.15) is 0 Å². The molecule has 9 heavy (non-hydrogen) atoms. The summed E-state index contributed by atoms with van der Waals surface area (Å²) < 4.78 is 0. The molecule has 0 spiro atoms. The molecule has 5 heteroatoms. The SMILES string of the molecule is CCN(C(N)=S)C(N)=S. The van der Waals surface area contributed by atoms with Crippen LogP contribution >= 0.6 is 24.4 Å². The molecule has 0 aromatic rings. The lowest BCUT2D eigenvalue weighted by atomic mass is 10.6. The molecule has 0 aliphatic rings. The smallest absolute Gasteiger partial charge is 0.172 e. The van der Waals surface area contributed by atoms with Crippen molar-refractivity contribution in [3.63, 3.8) is 0 Å². The van der Waals surface area contributed by atoms with E-state index in [1.165, 1.54) is 4.90 Å². The van der Waals surface area contributed by atoms with Crippen molar-refractivity contribution in [1.29, 1.82) is 0 Å². The molecule has 0 aliphatic heterocycles. The minimum atomic E-state index is 0.227. The summed E-state index contributed by atoms with van der Waals surface area (Å²) in [5.41, 5.74) is 10.5. The summed E-state index contributed by atoms with van der Waals surface area (Å²) in [6.45, 7) is 2.50. The Morgan fingerprint density at radius 3 is 1.67 bits per heavy atom. The van der Waals surface area contributed by atoms with E-state index in [0.29, 0.717) is 6.54 Å². The maximum absolute atomic E-state index is 5.24. The van der Waals surface area contributed by atoms with E-state index in [9.17, 15) is 0 Å². The van der Waals surface area contributed by atoms with Gasteiger partial charge in [-0.25, -0.2) is 0 Å². The Hall–Kier alpha value is -0.420. The van der Waals surface area contributed by atoms with Crippen LogP contribution in [0.2, 0.25) is 0 Å². The number of hydrogen-bond donors (Lipinski definition) is 2. The summed E-state index contributed by atoms with van der Waals surface area (Å²) in [5, 5.41) is 0.454. The van der Waals surface area contributed by atoms with Gasteiger partial charge in [0.2, 0.25) is 0 Å². The summed E-state index contributed by atoms with van der Waals surface area (Å²) in [6.07, 6.45) is 0. The minimum absolute atomic E-state index is 0.227. The van der Waals surface area contributed by atoms with Gasteiger partial charge in [0.1, 0.15) is 0 Å². The third kappa shape index (κ3) is 2.57. The molecular formula is C4H9N3S2. The molecule has 0 aliphatic carbocycles. The van der Waals surface area contributed by atoms with Crippen LogP contribution < -0.4 is 11.5 Å². The van der Waals surface area contributed by atoms with Crippen LogP contribution in [0.15, 0.2) is 0 Å².